The molecule has 9 nitrogen and oxygen atoms in total. The third-order valence-corrected chi connectivity index (χ3v) is 7.61. The molecule has 0 bridgehead atoms. The summed E-state index contributed by atoms with van der Waals surface area (Å²) in [5.74, 6) is -3.86. The van der Waals surface area contributed by atoms with E-state index >= 15 is 0 Å². The molecule has 2 aliphatic rings. The van der Waals surface area contributed by atoms with Crippen molar-refractivity contribution in [3.05, 3.63) is 81.3 Å². The van der Waals surface area contributed by atoms with Crippen LogP contribution in [0.25, 0.3) is 0 Å². The molecule has 2 amide bonds. The van der Waals surface area contributed by atoms with E-state index in [1.54, 1.807) is 6.20 Å². The van der Waals surface area contributed by atoms with Gasteiger partial charge in [-0.1, -0.05) is 23.2 Å². The number of aromatic nitrogens is 2. The fourth-order valence-corrected chi connectivity index (χ4v) is 5.51. The highest BCUT2D eigenvalue weighted by molar-refractivity contribution is 6.34. The summed E-state index contributed by atoms with van der Waals surface area (Å²) in [6, 6.07) is 4.56. The molecule has 1 unspecified atom stereocenters. The van der Waals surface area contributed by atoms with Gasteiger partial charge in [0.1, 0.15) is 23.6 Å². The van der Waals surface area contributed by atoms with Gasteiger partial charge in [-0.25, -0.2) is 13.2 Å². The molecule has 40 heavy (non-hydrogen) atoms. The number of nitrogens with two attached hydrogens (primary N) is 1. The van der Waals surface area contributed by atoms with Crippen molar-refractivity contribution in [2.75, 3.05) is 18.1 Å². The lowest BCUT2D eigenvalue weighted by Gasteiger charge is -2.34. The number of rotatable bonds is 6. The zero-order valence-corrected chi connectivity index (χ0v) is 22.3. The summed E-state index contributed by atoms with van der Waals surface area (Å²) in [5, 5.41) is 17.5. The van der Waals surface area contributed by atoms with Crippen LogP contribution >= 0.6 is 23.2 Å². The van der Waals surface area contributed by atoms with E-state index in [-0.39, 0.29) is 53.3 Å². The average molecular weight is 598 g/mol. The molecule has 2 aromatic carbocycles. The van der Waals surface area contributed by atoms with E-state index in [0.717, 1.165) is 18.2 Å². The number of carbonyl (C=O) groups excluding carboxylic acids is 2. The van der Waals surface area contributed by atoms with Gasteiger partial charge < -0.3 is 25.8 Å². The number of anilines is 1. The topological polar surface area (TPSA) is 123 Å². The molecule has 0 saturated carbocycles. The standard InChI is InChI=1S/C26H24Cl2F3N5O4/c27-14-5-13(22(31)19(28)6-14)9-33-24(37)26(39)3-4-35(25(26)38)17-10-34-36(11-17)16-8-21(32)23(40-12-16)18-7-15(29)1-2-20(18)30/h1-2,5-7,10-11,16,21,23,39H,3-4,8-9,12,32H2,(H,33,37)/t16-,21+,23-,26?/m1/s1. The summed E-state index contributed by atoms with van der Waals surface area (Å²) < 4.78 is 49.4. The lowest BCUT2D eigenvalue weighted by molar-refractivity contribution is -0.149. The monoisotopic (exact) mass is 597 g/mol. The molecule has 4 N–H and O–H groups in total. The number of amides is 2. The van der Waals surface area contributed by atoms with E-state index in [0.29, 0.717) is 12.1 Å². The molecule has 4 atom stereocenters. The van der Waals surface area contributed by atoms with Gasteiger partial charge in [-0.3, -0.25) is 14.3 Å². The lowest BCUT2D eigenvalue weighted by Crippen LogP contribution is -2.52. The Kier molecular flexibility index (Phi) is 7.81. The first-order valence-corrected chi connectivity index (χ1v) is 13.1. The molecule has 5 rings (SSSR count). The summed E-state index contributed by atoms with van der Waals surface area (Å²) >= 11 is 11.7. The van der Waals surface area contributed by atoms with E-state index in [1.165, 1.54) is 27.9 Å². The van der Waals surface area contributed by atoms with E-state index in [9.17, 15) is 27.9 Å². The summed E-state index contributed by atoms with van der Waals surface area (Å²) in [7, 11) is 0. The van der Waals surface area contributed by atoms with E-state index in [4.69, 9.17) is 33.7 Å². The molecule has 14 heteroatoms. The number of aliphatic hydroxyl groups is 1. The first-order valence-electron chi connectivity index (χ1n) is 12.3. The predicted molar refractivity (Wildman–Crippen MR) is 139 cm³/mol. The number of nitrogens with one attached hydrogen (secondary N) is 1. The van der Waals surface area contributed by atoms with Crippen LogP contribution in [0, 0.1) is 17.5 Å². The fraction of sp³-hybridized carbons (Fsp3) is 0.346. The molecule has 2 fully saturated rings. The third-order valence-electron chi connectivity index (χ3n) is 7.12. The second-order valence-electron chi connectivity index (χ2n) is 9.76. The van der Waals surface area contributed by atoms with Gasteiger partial charge in [0.2, 0.25) is 5.60 Å². The Morgan fingerprint density at radius 2 is 2.02 bits per heavy atom. The minimum Gasteiger partial charge on any atom is -0.372 e. The molecular weight excluding hydrogens is 574 g/mol. The quantitative estimate of drug-likeness (QED) is 0.295. The zero-order valence-electron chi connectivity index (χ0n) is 20.8. The Morgan fingerprint density at radius 1 is 1.25 bits per heavy atom. The van der Waals surface area contributed by atoms with Gasteiger partial charge in [0.15, 0.2) is 0 Å². The Labute approximate surface area is 236 Å². The van der Waals surface area contributed by atoms with Gasteiger partial charge in [0.05, 0.1) is 29.6 Å². The number of nitrogens with zero attached hydrogens (tertiary/aromatic N) is 3. The Hall–Kier alpha value is -3.16. The minimum absolute atomic E-state index is 0.00619. The van der Waals surface area contributed by atoms with Gasteiger partial charge in [-0.05, 0) is 36.8 Å². The number of halogens is 5. The Bertz CT molecular complexity index is 1470. The maximum absolute atomic E-state index is 14.2. The lowest BCUT2D eigenvalue weighted by atomic mass is 9.94. The maximum Gasteiger partial charge on any atom is 0.268 e. The molecule has 3 heterocycles. The van der Waals surface area contributed by atoms with Crippen LogP contribution in [0.2, 0.25) is 10.0 Å². The van der Waals surface area contributed by atoms with Crippen molar-refractivity contribution in [1.82, 2.24) is 15.1 Å². The molecule has 2 saturated heterocycles. The first kappa shape index (κ1) is 28.4. The van der Waals surface area contributed by atoms with E-state index < -0.39 is 47.0 Å². The van der Waals surface area contributed by atoms with Gasteiger partial charge in [0, 0.05) is 47.9 Å². The van der Waals surface area contributed by atoms with Crippen LogP contribution in [-0.4, -0.2) is 51.5 Å². The van der Waals surface area contributed by atoms with Crippen LogP contribution in [0.3, 0.4) is 0 Å². The van der Waals surface area contributed by atoms with E-state index in [1.807, 2.05) is 0 Å². The highest BCUT2D eigenvalue weighted by atomic mass is 35.5. The molecule has 212 valence electrons. The smallest absolute Gasteiger partial charge is 0.268 e. The van der Waals surface area contributed by atoms with E-state index in [2.05, 4.69) is 10.4 Å². The Balaban J connectivity index is 1.23. The molecule has 0 spiro atoms. The summed E-state index contributed by atoms with van der Waals surface area (Å²) in [6.07, 6.45) is 2.22. The highest BCUT2D eigenvalue weighted by Gasteiger charge is 2.52. The van der Waals surface area contributed by atoms with Crippen LogP contribution in [-0.2, 0) is 20.9 Å². The van der Waals surface area contributed by atoms with Crippen molar-refractivity contribution < 1.29 is 32.6 Å². The van der Waals surface area contributed by atoms with Crippen molar-refractivity contribution in [3.63, 3.8) is 0 Å². The van der Waals surface area contributed by atoms with Gasteiger partial charge in [0.25, 0.3) is 11.8 Å². The summed E-state index contributed by atoms with van der Waals surface area (Å²) in [5.41, 5.74) is 4.22. The van der Waals surface area contributed by atoms with Crippen LogP contribution in [0.4, 0.5) is 18.9 Å². The van der Waals surface area contributed by atoms with Gasteiger partial charge >= 0.3 is 0 Å². The van der Waals surface area contributed by atoms with Crippen molar-refractivity contribution in [3.8, 4) is 0 Å². The van der Waals surface area contributed by atoms with Crippen molar-refractivity contribution in [1.29, 1.82) is 0 Å². The second-order valence-corrected chi connectivity index (χ2v) is 10.6. The number of hydrogen-bond donors (Lipinski definition) is 3. The molecule has 0 radical (unpaired) electrons. The Morgan fingerprint density at radius 3 is 2.77 bits per heavy atom. The molecular formula is C26H24Cl2F3N5O4. The first-order chi connectivity index (χ1) is 19.0. The second kappa shape index (κ2) is 11.0. The number of carbonyl (C=O) groups is 2. The maximum atomic E-state index is 14.2. The van der Waals surface area contributed by atoms with Crippen LogP contribution in [0.1, 0.15) is 36.1 Å². The van der Waals surface area contributed by atoms with Crippen LogP contribution in [0.5, 0.6) is 0 Å². The predicted octanol–water partition coefficient (Wildman–Crippen LogP) is 3.42. The number of ether oxygens (including phenoxy) is 1. The number of benzene rings is 2. The van der Waals surface area contributed by atoms with Gasteiger partial charge in [-0.15, -0.1) is 0 Å². The SMILES string of the molecule is N[C@H]1C[C@@H](n2cc(N3CCC(O)(C(=O)NCc4cc(Cl)cc(Cl)c4F)C3=O)cn2)CO[C@@H]1c1cc(F)ccc1F. The van der Waals surface area contributed by atoms with Crippen LogP contribution < -0.4 is 16.0 Å². The molecule has 0 aliphatic carbocycles. The third kappa shape index (κ3) is 5.29. The summed E-state index contributed by atoms with van der Waals surface area (Å²) in [4.78, 5) is 27.1. The average Bonchev–Trinajstić information content (AvgIpc) is 3.52. The van der Waals surface area contributed by atoms with Gasteiger partial charge in [-0.2, -0.15) is 5.10 Å². The zero-order chi connectivity index (χ0) is 28.8. The van der Waals surface area contributed by atoms with Crippen molar-refractivity contribution in [2.24, 2.45) is 5.73 Å². The largest absolute Gasteiger partial charge is 0.372 e. The fourth-order valence-electron chi connectivity index (χ4n) is 4.97. The van der Waals surface area contributed by atoms with Crippen LogP contribution in [0.15, 0.2) is 42.7 Å². The molecule has 1 aromatic heterocycles. The normalized spacial score (nSPS) is 24.9. The molecule has 3 aromatic rings. The number of hydrogen-bond acceptors (Lipinski definition) is 6. The molecule has 2 aliphatic heterocycles. The summed E-state index contributed by atoms with van der Waals surface area (Å²) in [6.45, 7) is -0.228. The van der Waals surface area contributed by atoms with Crippen molar-refractivity contribution in [2.45, 2.75) is 43.2 Å². The minimum atomic E-state index is -2.38. The highest BCUT2D eigenvalue weighted by Crippen LogP contribution is 2.35. The van der Waals surface area contributed by atoms with Crippen molar-refractivity contribution >= 4 is 40.7 Å².